The Labute approximate surface area is 157 Å². The van der Waals surface area contributed by atoms with Gasteiger partial charge in [0.15, 0.2) is 0 Å². The first kappa shape index (κ1) is 17.0. The SMILES string of the molecule is CN(C(=O)N1CC[C@H](n2cnc3cc(Br)sc3c2=O)C1)[C@H]1CCNC1. The first-order valence-electron chi connectivity index (χ1n) is 8.43. The standard InChI is InChI=1S/C16H20BrN5O2S/c1-20(10-2-4-18-7-10)16(24)21-5-3-11(8-21)22-9-19-12-6-13(17)25-14(12)15(22)23/h6,9-11,18H,2-5,7-8H2,1H3/t10-,11-/m0/s1. The number of urea groups is 1. The number of fused-ring (bicyclic) bond motifs is 1. The molecule has 0 saturated carbocycles. The average Bonchev–Trinajstić information content (AvgIpc) is 3.33. The van der Waals surface area contributed by atoms with Crippen molar-refractivity contribution in [3.05, 3.63) is 26.5 Å². The average molecular weight is 426 g/mol. The number of carbonyl (C=O) groups excluding carboxylic acids is 1. The summed E-state index contributed by atoms with van der Waals surface area (Å²) >= 11 is 4.82. The van der Waals surface area contributed by atoms with Crippen molar-refractivity contribution in [3.8, 4) is 0 Å². The molecule has 0 aliphatic carbocycles. The van der Waals surface area contributed by atoms with Crippen molar-refractivity contribution in [2.75, 3.05) is 33.2 Å². The van der Waals surface area contributed by atoms with E-state index in [0.717, 1.165) is 35.2 Å². The third-order valence-corrected chi connectivity index (χ3v) is 6.76. The lowest BCUT2D eigenvalue weighted by atomic mass is 10.2. The zero-order chi connectivity index (χ0) is 17.6. The highest BCUT2D eigenvalue weighted by atomic mass is 79.9. The number of hydrogen-bond donors (Lipinski definition) is 1. The largest absolute Gasteiger partial charge is 0.323 e. The minimum absolute atomic E-state index is 0.00988. The number of halogens is 1. The Bertz CT molecular complexity index is 860. The highest BCUT2D eigenvalue weighted by molar-refractivity contribution is 9.11. The van der Waals surface area contributed by atoms with Gasteiger partial charge in [-0.15, -0.1) is 11.3 Å². The van der Waals surface area contributed by atoms with Gasteiger partial charge in [0.25, 0.3) is 5.56 Å². The molecule has 4 heterocycles. The van der Waals surface area contributed by atoms with Crippen LogP contribution < -0.4 is 10.9 Å². The van der Waals surface area contributed by atoms with E-state index in [9.17, 15) is 9.59 Å². The van der Waals surface area contributed by atoms with E-state index in [2.05, 4.69) is 26.2 Å². The Morgan fingerprint density at radius 2 is 2.32 bits per heavy atom. The number of aromatic nitrogens is 2. The zero-order valence-electron chi connectivity index (χ0n) is 13.9. The second kappa shape index (κ2) is 6.69. The molecule has 2 amide bonds. The van der Waals surface area contributed by atoms with Crippen molar-refractivity contribution in [2.24, 2.45) is 0 Å². The molecule has 4 rings (SSSR count). The maximum Gasteiger partial charge on any atom is 0.320 e. The van der Waals surface area contributed by atoms with Crippen LogP contribution in [0.5, 0.6) is 0 Å². The van der Waals surface area contributed by atoms with Gasteiger partial charge in [-0.25, -0.2) is 9.78 Å². The van der Waals surface area contributed by atoms with Gasteiger partial charge in [0.1, 0.15) is 4.70 Å². The number of nitrogens with one attached hydrogen (secondary N) is 1. The van der Waals surface area contributed by atoms with Gasteiger partial charge in [-0.2, -0.15) is 0 Å². The summed E-state index contributed by atoms with van der Waals surface area (Å²) < 4.78 is 3.25. The topological polar surface area (TPSA) is 70.5 Å². The van der Waals surface area contributed by atoms with Crippen LogP contribution in [0.1, 0.15) is 18.9 Å². The summed E-state index contributed by atoms with van der Waals surface area (Å²) in [5.74, 6) is 0. The lowest BCUT2D eigenvalue weighted by Gasteiger charge is -2.29. The predicted molar refractivity (Wildman–Crippen MR) is 101 cm³/mol. The molecule has 0 spiro atoms. The van der Waals surface area contributed by atoms with Crippen LogP contribution in [0.4, 0.5) is 4.79 Å². The van der Waals surface area contributed by atoms with Gasteiger partial charge in [-0.05, 0) is 41.4 Å². The summed E-state index contributed by atoms with van der Waals surface area (Å²) in [6, 6.07) is 2.16. The molecule has 9 heteroatoms. The monoisotopic (exact) mass is 425 g/mol. The fraction of sp³-hybridized carbons (Fsp3) is 0.562. The first-order chi connectivity index (χ1) is 12.0. The number of rotatable bonds is 2. The summed E-state index contributed by atoms with van der Waals surface area (Å²) in [5, 5.41) is 3.29. The van der Waals surface area contributed by atoms with E-state index in [-0.39, 0.29) is 23.7 Å². The second-order valence-electron chi connectivity index (χ2n) is 6.65. The van der Waals surface area contributed by atoms with Crippen LogP contribution in [0.15, 0.2) is 21.0 Å². The normalized spacial score (nSPS) is 23.5. The lowest BCUT2D eigenvalue weighted by Crippen LogP contribution is -2.46. The summed E-state index contributed by atoms with van der Waals surface area (Å²) in [6.07, 6.45) is 3.39. The van der Waals surface area contributed by atoms with E-state index < -0.39 is 0 Å². The third-order valence-electron chi connectivity index (χ3n) is 5.14. The Kier molecular flexibility index (Phi) is 4.55. The Morgan fingerprint density at radius 3 is 3.08 bits per heavy atom. The van der Waals surface area contributed by atoms with Crippen LogP contribution in [0.25, 0.3) is 10.2 Å². The van der Waals surface area contributed by atoms with Crippen LogP contribution in [0, 0.1) is 0 Å². The van der Waals surface area contributed by atoms with Gasteiger partial charge in [0.05, 0.1) is 21.7 Å². The number of hydrogen-bond acceptors (Lipinski definition) is 5. The molecular formula is C16H20BrN5O2S. The summed E-state index contributed by atoms with van der Waals surface area (Å²) in [7, 11) is 1.87. The Hall–Kier alpha value is -1.45. The molecule has 0 bridgehead atoms. The molecule has 2 aliphatic heterocycles. The van der Waals surface area contributed by atoms with Crippen molar-refractivity contribution in [1.82, 2.24) is 24.7 Å². The lowest BCUT2D eigenvalue weighted by molar-refractivity contribution is 0.157. The molecule has 2 aromatic heterocycles. The van der Waals surface area contributed by atoms with E-state index in [1.165, 1.54) is 11.3 Å². The minimum Gasteiger partial charge on any atom is -0.323 e. The van der Waals surface area contributed by atoms with E-state index in [1.54, 1.807) is 10.9 Å². The number of likely N-dealkylation sites (tertiary alicyclic amines) is 1. The minimum atomic E-state index is -0.0200. The van der Waals surface area contributed by atoms with Crippen molar-refractivity contribution in [1.29, 1.82) is 0 Å². The van der Waals surface area contributed by atoms with Crippen LogP contribution in [0.2, 0.25) is 0 Å². The van der Waals surface area contributed by atoms with Crippen LogP contribution in [0.3, 0.4) is 0 Å². The Balaban J connectivity index is 1.51. The predicted octanol–water partition coefficient (Wildman–Crippen LogP) is 1.88. The van der Waals surface area contributed by atoms with E-state index >= 15 is 0 Å². The number of amides is 2. The number of thiophene rings is 1. The molecule has 2 saturated heterocycles. The van der Waals surface area contributed by atoms with Crippen molar-refractivity contribution in [2.45, 2.75) is 24.9 Å². The maximum atomic E-state index is 12.7. The quantitative estimate of drug-likeness (QED) is 0.797. The maximum absolute atomic E-state index is 12.7. The van der Waals surface area contributed by atoms with Crippen molar-refractivity contribution in [3.63, 3.8) is 0 Å². The van der Waals surface area contributed by atoms with Gasteiger partial charge in [-0.3, -0.25) is 9.36 Å². The third kappa shape index (κ3) is 3.09. The smallest absolute Gasteiger partial charge is 0.320 e. The van der Waals surface area contributed by atoms with Gasteiger partial charge < -0.3 is 15.1 Å². The summed E-state index contributed by atoms with van der Waals surface area (Å²) in [6.45, 7) is 3.05. The molecule has 2 aromatic rings. The zero-order valence-corrected chi connectivity index (χ0v) is 16.3. The van der Waals surface area contributed by atoms with Gasteiger partial charge in [-0.1, -0.05) is 0 Å². The van der Waals surface area contributed by atoms with Gasteiger partial charge in [0.2, 0.25) is 0 Å². The van der Waals surface area contributed by atoms with Crippen molar-refractivity contribution >= 4 is 43.5 Å². The van der Waals surface area contributed by atoms with Crippen LogP contribution in [-0.4, -0.2) is 64.7 Å². The molecule has 0 radical (unpaired) electrons. The molecular weight excluding hydrogens is 406 g/mol. The molecule has 0 unspecified atom stereocenters. The fourth-order valence-corrected chi connectivity index (χ4v) is 5.12. The second-order valence-corrected chi connectivity index (χ2v) is 9.08. The first-order valence-corrected chi connectivity index (χ1v) is 10.0. The van der Waals surface area contributed by atoms with E-state index in [0.29, 0.717) is 17.8 Å². The number of carbonyl (C=O) groups is 1. The molecule has 2 aliphatic rings. The molecule has 1 N–H and O–H groups in total. The number of nitrogens with zero attached hydrogens (tertiary/aromatic N) is 4. The molecule has 2 fully saturated rings. The molecule has 0 aromatic carbocycles. The number of likely N-dealkylation sites (N-methyl/N-ethyl adjacent to an activating group) is 1. The van der Waals surface area contributed by atoms with Gasteiger partial charge in [0, 0.05) is 32.7 Å². The molecule has 7 nitrogen and oxygen atoms in total. The molecule has 2 atom stereocenters. The highest BCUT2D eigenvalue weighted by Crippen LogP contribution is 2.27. The summed E-state index contributed by atoms with van der Waals surface area (Å²) in [4.78, 5) is 33.5. The van der Waals surface area contributed by atoms with Crippen molar-refractivity contribution < 1.29 is 4.79 Å². The van der Waals surface area contributed by atoms with Crippen LogP contribution >= 0.6 is 27.3 Å². The summed E-state index contributed by atoms with van der Waals surface area (Å²) in [5.41, 5.74) is 0.700. The Morgan fingerprint density at radius 1 is 1.48 bits per heavy atom. The van der Waals surface area contributed by atoms with Crippen LogP contribution in [-0.2, 0) is 0 Å². The highest BCUT2D eigenvalue weighted by Gasteiger charge is 2.33. The van der Waals surface area contributed by atoms with E-state index in [1.807, 2.05) is 22.9 Å². The van der Waals surface area contributed by atoms with E-state index in [4.69, 9.17) is 0 Å². The molecule has 25 heavy (non-hydrogen) atoms. The fourth-order valence-electron chi connectivity index (χ4n) is 3.65. The molecule has 134 valence electrons. The van der Waals surface area contributed by atoms with Gasteiger partial charge >= 0.3 is 6.03 Å².